The fraction of sp³-hybridized carbons (Fsp3) is 0.929. The summed E-state index contributed by atoms with van der Waals surface area (Å²) in [6, 6.07) is 0. The van der Waals surface area contributed by atoms with E-state index in [1.807, 2.05) is 13.8 Å². The number of nitrogens with one attached hydrogen (secondary N) is 1. The normalized spacial score (nSPS) is 25.6. The summed E-state index contributed by atoms with van der Waals surface area (Å²) in [5, 5.41) is 13.1. The SMILES string of the molecule is CCC(C)C(C)(O)CNC(=O)C1CN(CC)CCO1. The minimum atomic E-state index is -0.872. The van der Waals surface area contributed by atoms with Gasteiger partial charge in [0.25, 0.3) is 5.91 Å². The number of likely N-dealkylation sites (N-methyl/N-ethyl adjacent to an activating group) is 1. The molecule has 112 valence electrons. The number of hydrogen-bond acceptors (Lipinski definition) is 4. The van der Waals surface area contributed by atoms with Crippen LogP contribution in [0.5, 0.6) is 0 Å². The van der Waals surface area contributed by atoms with Crippen molar-refractivity contribution < 1.29 is 14.6 Å². The average Bonchev–Trinajstić information content (AvgIpc) is 2.43. The summed E-state index contributed by atoms with van der Waals surface area (Å²) in [6.07, 6.45) is 0.466. The molecule has 5 nitrogen and oxygen atoms in total. The van der Waals surface area contributed by atoms with Gasteiger partial charge in [-0.3, -0.25) is 9.69 Å². The van der Waals surface area contributed by atoms with E-state index in [2.05, 4.69) is 17.1 Å². The fourth-order valence-corrected chi connectivity index (χ4v) is 2.14. The van der Waals surface area contributed by atoms with Gasteiger partial charge in [-0.25, -0.2) is 0 Å². The fourth-order valence-electron chi connectivity index (χ4n) is 2.14. The lowest BCUT2D eigenvalue weighted by atomic mass is 9.88. The zero-order chi connectivity index (χ0) is 14.5. The molecule has 2 N–H and O–H groups in total. The third kappa shape index (κ3) is 4.75. The number of amides is 1. The lowest BCUT2D eigenvalue weighted by molar-refractivity contribution is -0.139. The van der Waals surface area contributed by atoms with Crippen molar-refractivity contribution in [1.29, 1.82) is 0 Å². The highest BCUT2D eigenvalue weighted by atomic mass is 16.5. The second-order valence-electron chi connectivity index (χ2n) is 5.64. The number of aliphatic hydroxyl groups is 1. The van der Waals surface area contributed by atoms with Gasteiger partial charge in [-0.1, -0.05) is 27.2 Å². The van der Waals surface area contributed by atoms with Crippen LogP contribution in [-0.4, -0.2) is 60.4 Å². The number of morpholine rings is 1. The summed E-state index contributed by atoms with van der Waals surface area (Å²) in [5.74, 6) is 0.0222. The van der Waals surface area contributed by atoms with Crippen LogP contribution in [0.25, 0.3) is 0 Å². The van der Waals surface area contributed by atoms with E-state index in [1.54, 1.807) is 6.92 Å². The number of nitrogens with zero attached hydrogens (tertiary/aromatic N) is 1. The topological polar surface area (TPSA) is 61.8 Å². The van der Waals surface area contributed by atoms with Crippen molar-refractivity contribution in [2.75, 3.05) is 32.8 Å². The monoisotopic (exact) mass is 272 g/mol. The van der Waals surface area contributed by atoms with Crippen LogP contribution in [0.15, 0.2) is 0 Å². The van der Waals surface area contributed by atoms with E-state index in [9.17, 15) is 9.90 Å². The first kappa shape index (κ1) is 16.4. The maximum Gasteiger partial charge on any atom is 0.250 e. The first-order valence-corrected chi connectivity index (χ1v) is 7.24. The van der Waals surface area contributed by atoms with Gasteiger partial charge in [0.15, 0.2) is 0 Å². The molecule has 0 aromatic rings. The molecule has 3 unspecified atom stereocenters. The van der Waals surface area contributed by atoms with E-state index < -0.39 is 11.7 Å². The smallest absolute Gasteiger partial charge is 0.250 e. The molecule has 1 heterocycles. The molecular weight excluding hydrogens is 244 g/mol. The highest BCUT2D eigenvalue weighted by Crippen LogP contribution is 2.19. The minimum Gasteiger partial charge on any atom is -0.388 e. The van der Waals surface area contributed by atoms with Crippen molar-refractivity contribution in [2.24, 2.45) is 5.92 Å². The van der Waals surface area contributed by atoms with Crippen molar-refractivity contribution in [1.82, 2.24) is 10.2 Å². The lowest BCUT2D eigenvalue weighted by Crippen LogP contribution is -2.53. The van der Waals surface area contributed by atoms with Crippen LogP contribution in [-0.2, 0) is 9.53 Å². The Bertz CT molecular complexity index is 294. The molecule has 1 fully saturated rings. The largest absolute Gasteiger partial charge is 0.388 e. The van der Waals surface area contributed by atoms with Gasteiger partial charge in [0.05, 0.1) is 12.2 Å². The minimum absolute atomic E-state index is 0.123. The molecule has 0 bridgehead atoms. The second kappa shape index (κ2) is 7.22. The molecule has 0 aromatic carbocycles. The molecule has 0 aromatic heterocycles. The van der Waals surface area contributed by atoms with Crippen molar-refractivity contribution in [3.05, 3.63) is 0 Å². The zero-order valence-corrected chi connectivity index (χ0v) is 12.6. The van der Waals surface area contributed by atoms with Crippen LogP contribution in [0, 0.1) is 5.92 Å². The van der Waals surface area contributed by atoms with Gasteiger partial charge in [0, 0.05) is 19.6 Å². The van der Waals surface area contributed by atoms with E-state index in [0.29, 0.717) is 13.2 Å². The standard InChI is InChI=1S/C14H28N2O3/c1-5-11(3)14(4,18)10-15-13(17)12-9-16(6-2)7-8-19-12/h11-12,18H,5-10H2,1-4H3,(H,15,17). The molecule has 0 spiro atoms. The quantitative estimate of drug-likeness (QED) is 0.744. The van der Waals surface area contributed by atoms with E-state index >= 15 is 0 Å². The Balaban J connectivity index is 2.42. The Hall–Kier alpha value is -0.650. The van der Waals surface area contributed by atoms with Crippen LogP contribution in [0.4, 0.5) is 0 Å². The van der Waals surface area contributed by atoms with Crippen molar-refractivity contribution >= 4 is 5.91 Å². The molecule has 1 rings (SSSR count). The summed E-state index contributed by atoms with van der Waals surface area (Å²) >= 11 is 0. The number of ether oxygens (including phenoxy) is 1. The highest BCUT2D eigenvalue weighted by Gasteiger charge is 2.30. The van der Waals surface area contributed by atoms with Crippen molar-refractivity contribution in [2.45, 2.75) is 45.8 Å². The molecule has 0 radical (unpaired) electrons. The lowest BCUT2D eigenvalue weighted by Gasteiger charge is -2.33. The van der Waals surface area contributed by atoms with Gasteiger partial charge in [-0.15, -0.1) is 0 Å². The van der Waals surface area contributed by atoms with Gasteiger partial charge in [-0.05, 0) is 19.4 Å². The summed E-state index contributed by atoms with van der Waals surface area (Å²) in [5.41, 5.74) is -0.872. The Morgan fingerprint density at radius 3 is 2.84 bits per heavy atom. The van der Waals surface area contributed by atoms with Gasteiger partial charge in [0.2, 0.25) is 0 Å². The molecule has 1 aliphatic heterocycles. The maximum atomic E-state index is 12.0. The maximum absolute atomic E-state index is 12.0. The third-order valence-corrected chi connectivity index (χ3v) is 4.18. The van der Waals surface area contributed by atoms with E-state index in [0.717, 1.165) is 19.5 Å². The summed E-state index contributed by atoms with van der Waals surface area (Å²) < 4.78 is 5.49. The average molecular weight is 272 g/mol. The molecule has 19 heavy (non-hydrogen) atoms. The second-order valence-corrected chi connectivity index (χ2v) is 5.64. The third-order valence-electron chi connectivity index (χ3n) is 4.18. The van der Waals surface area contributed by atoms with Crippen LogP contribution in [0.2, 0.25) is 0 Å². The Morgan fingerprint density at radius 2 is 2.26 bits per heavy atom. The first-order valence-electron chi connectivity index (χ1n) is 7.24. The highest BCUT2D eigenvalue weighted by molar-refractivity contribution is 5.81. The Morgan fingerprint density at radius 1 is 1.58 bits per heavy atom. The van der Waals surface area contributed by atoms with Crippen LogP contribution < -0.4 is 5.32 Å². The number of hydrogen-bond donors (Lipinski definition) is 2. The summed E-state index contributed by atoms with van der Waals surface area (Å²) in [7, 11) is 0. The van der Waals surface area contributed by atoms with Gasteiger partial charge in [0.1, 0.15) is 6.10 Å². The first-order chi connectivity index (χ1) is 8.90. The van der Waals surface area contributed by atoms with Gasteiger partial charge >= 0.3 is 0 Å². The van der Waals surface area contributed by atoms with Crippen LogP contribution >= 0.6 is 0 Å². The predicted molar refractivity (Wildman–Crippen MR) is 74.9 cm³/mol. The van der Waals surface area contributed by atoms with Gasteiger partial charge < -0.3 is 15.2 Å². The van der Waals surface area contributed by atoms with E-state index in [-0.39, 0.29) is 18.4 Å². The number of carbonyl (C=O) groups is 1. The van der Waals surface area contributed by atoms with Crippen molar-refractivity contribution in [3.63, 3.8) is 0 Å². The Labute approximate surface area is 116 Å². The summed E-state index contributed by atoms with van der Waals surface area (Å²) in [4.78, 5) is 14.2. The molecule has 1 saturated heterocycles. The van der Waals surface area contributed by atoms with Gasteiger partial charge in [-0.2, -0.15) is 0 Å². The van der Waals surface area contributed by atoms with Crippen LogP contribution in [0.1, 0.15) is 34.1 Å². The molecule has 3 atom stereocenters. The van der Waals surface area contributed by atoms with E-state index in [1.165, 1.54) is 0 Å². The Kier molecular flexibility index (Phi) is 6.23. The molecule has 1 aliphatic rings. The molecule has 5 heteroatoms. The number of carbonyl (C=O) groups excluding carboxylic acids is 1. The molecule has 0 aliphatic carbocycles. The van der Waals surface area contributed by atoms with Crippen LogP contribution in [0.3, 0.4) is 0 Å². The molecule has 0 saturated carbocycles. The molecule has 1 amide bonds. The number of rotatable bonds is 6. The van der Waals surface area contributed by atoms with E-state index in [4.69, 9.17) is 4.74 Å². The summed E-state index contributed by atoms with van der Waals surface area (Å²) in [6.45, 7) is 11.2. The zero-order valence-electron chi connectivity index (χ0n) is 12.6. The predicted octanol–water partition coefficient (Wildman–Crippen LogP) is 0.620. The molecular formula is C14H28N2O3. The van der Waals surface area contributed by atoms with Crippen molar-refractivity contribution in [3.8, 4) is 0 Å².